The maximum atomic E-state index is 12.5. The van der Waals surface area contributed by atoms with E-state index in [0.29, 0.717) is 39.1 Å². The average molecular weight is 547 g/mol. The molecule has 1 amide bonds. The monoisotopic (exact) mass is 545 g/mol. The van der Waals surface area contributed by atoms with Crippen LogP contribution in [0.25, 0.3) is 0 Å². The smallest absolute Gasteiger partial charge is 0.236 e. The van der Waals surface area contributed by atoms with Crippen LogP contribution in [0.1, 0.15) is 16.3 Å². The Hall–Kier alpha value is -2.85. The second-order valence-electron chi connectivity index (χ2n) is 7.29. The molecule has 4 aromatic rings. The Kier molecular flexibility index (Phi) is 8.81. The molecule has 35 heavy (non-hydrogen) atoms. The average Bonchev–Trinajstić information content (AvgIpc) is 3.46. The molecule has 0 atom stereocenters. The van der Waals surface area contributed by atoms with Crippen molar-refractivity contribution < 1.29 is 9.53 Å². The van der Waals surface area contributed by atoms with Gasteiger partial charge in [-0.25, -0.2) is 4.98 Å². The number of thiazole rings is 1. The van der Waals surface area contributed by atoms with Gasteiger partial charge in [0, 0.05) is 24.0 Å². The molecule has 180 valence electrons. The lowest BCUT2D eigenvalue weighted by Gasteiger charge is -2.09. The van der Waals surface area contributed by atoms with Gasteiger partial charge in [-0.15, -0.1) is 28.1 Å². The summed E-state index contributed by atoms with van der Waals surface area (Å²) in [6.07, 6.45) is 4.15. The number of hydrogen-bond donors (Lipinski definition) is 1. The maximum Gasteiger partial charge on any atom is 0.236 e. The van der Waals surface area contributed by atoms with Crippen molar-refractivity contribution in [1.82, 2.24) is 19.7 Å². The molecule has 2 aromatic heterocycles. The van der Waals surface area contributed by atoms with Gasteiger partial charge < -0.3 is 10.1 Å². The quantitative estimate of drug-likeness (QED) is 0.180. The number of nitrogens with zero attached hydrogens (tertiary/aromatic N) is 4. The second-order valence-corrected chi connectivity index (χ2v) is 10.2. The van der Waals surface area contributed by atoms with Gasteiger partial charge in [-0.05, 0) is 29.8 Å². The zero-order valence-electron chi connectivity index (χ0n) is 18.5. The van der Waals surface area contributed by atoms with Crippen molar-refractivity contribution in [2.24, 2.45) is 0 Å². The van der Waals surface area contributed by atoms with Crippen LogP contribution in [0.5, 0.6) is 5.75 Å². The van der Waals surface area contributed by atoms with Crippen LogP contribution in [0.3, 0.4) is 0 Å². The van der Waals surface area contributed by atoms with Gasteiger partial charge in [-0.1, -0.05) is 65.3 Å². The Labute approximate surface area is 221 Å². The highest BCUT2D eigenvalue weighted by Crippen LogP contribution is 2.27. The summed E-state index contributed by atoms with van der Waals surface area (Å²) in [4.78, 5) is 17.8. The van der Waals surface area contributed by atoms with Crippen LogP contribution in [0, 0.1) is 0 Å². The number of thioether (sulfide) groups is 1. The summed E-state index contributed by atoms with van der Waals surface area (Å²) in [7, 11) is 0. The highest BCUT2D eigenvalue weighted by molar-refractivity contribution is 7.99. The highest BCUT2D eigenvalue weighted by atomic mass is 35.5. The van der Waals surface area contributed by atoms with Gasteiger partial charge in [0.25, 0.3) is 0 Å². The summed E-state index contributed by atoms with van der Waals surface area (Å²) in [5.41, 5.74) is 1.02. The largest absolute Gasteiger partial charge is 0.486 e. The van der Waals surface area contributed by atoms with Crippen molar-refractivity contribution in [1.29, 1.82) is 0 Å². The zero-order valence-corrected chi connectivity index (χ0v) is 21.6. The minimum atomic E-state index is -0.180. The lowest BCUT2D eigenvalue weighted by molar-refractivity contribution is -0.113. The molecule has 7 nitrogen and oxygen atoms in total. The van der Waals surface area contributed by atoms with Gasteiger partial charge >= 0.3 is 0 Å². The van der Waals surface area contributed by atoms with Crippen molar-refractivity contribution >= 4 is 57.3 Å². The van der Waals surface area contributed by atoms with Gasteiger partial charge in [-0.3, -0.25) is 9.36 Å². The summed E-state index contributed by atoms with van der Waals surface area (Å²) in [6, 6.07) is 15.0. The summed E-state index contributed by atoms with van der Waals surface area (Å²) in [5.74, 6) is 1.39. The van der Waals surface area contributed by atoms with Crippen LogP contribution in [0.15, 0.2) is 72.5 Å². The van der Waals surface area contributed by atoms with E-state index in [0.717, 1.165) is 16.2 Å². The molecule has 0 saturated heterocycles. The standard InChI is InChI=1S/C24H21Cl2N5O2S2/c1-2-10-31-21(14-33-17-6-4-3-5-7-17)29-30-24(31)34-15-22(32)28-23-27-13-18(35-23)11-16-8-9-19(25)20(26)12-16/h2-9,12-13H,1,10-11,14-15H2,(H,27,28,32). The minimum Gasteiger partial charge on any atom is -0.486 e. The van der Waals surface area contributed by atoms with E-state index in [1.165, 1.54) is 23.1 Å². The molecule has 2 heterocycles. The summed E-state index contributed by atoms with van der Waals surface area (Å²) in [6.45, 7) is 4.57. The third-order valence-corrected chi connectivity index (χ3v) is 7.33. The highest BCUT2D eigenvalue weighted by Gasteiger charge is 2.15. The molecule has 0 saturated carbocycles. The molecule has 0 unspecified atom stereocenters. The van der Waals surface area contributed by atoms with Crippen LogP contribution in [-0.2, 0) is 24.4 Å². The van der Waals surface area contributed by atoms with Crippen molar-refractivity contribution in [2.45, 2.75) is 24.7 Å². The van der Waals surface area contributed by atoms with Crippen molar-refractivity contribution in [3.8, 4) is 5.75 Å². The number of benzene rings is 2. The molecular formula is C24H21Cl2N5O2S2. The molecule has 0 spiro atoms. The normalized spacial score (nSPS) is 10.8. The van der Waals surface area contributed by atoms with Gasteiger partial charge in [0.2, 0.25) is 5.91 Å². The fraction of sp³-hybridized carbons (Fsp3) is 0.167. The molecule has 1 N–H and O–H groups in total. The number of amides is 1. The SMILES string of the molecule is C=CCn1c(COc2ccccc2)nnc1SCC(=O)Nc1ncc(Cc2ccc(Cl)c(Cl)c2)s1. The Morgan fingerprint density at radius 2 is 2.00 bits per heavy atom. The second kappa shape index (κ2) is 12.2. The molecular weight excluding hydrogens is 525 g/mol. The minimum absolute atomic E-state index is 0.163. The molecule has 0 fully saturated rings. The Bertz CT molecular complexity index is 1310. The van der Waals surface area contributed by atoms with Gasteiger partial charge in [0.05, 0.1) is 15.8 Å². The number of halogens is 2. The van der Waals surface area contributed by atoms with Gasteiger partial charge in [-0.2, -0.15) is 0 Å². The van der Waals surface area contributed by atoms with Crippen molar-refractivity contribution in [3.05, 3.63) is 93.7 Å². The molecule has 4 rings (SSSR count). The number of rotatable bonds is 11. The number of carbonyl (C=O) groups excluding carboxylic acids is 1. The van der Waals surface area contributed by atoms with E-state index in [-0.39, 0.29) is 18.3 Å². The van der Waals surface area contributed by atoms with Crippen molar-refractivity contribution in [2.75, 3.05) is 11.1 Å². The molecule has 0 aliphatic carbocycles. The van der Waals surface area contributed by atoms with E-state index in [1.54, 1.807) is 18.3 Å². The number of hydrogen-bond acceptors (Lipinski definition) is 7. The molecule has 0 aliphatic rings. The number of anilines is 1. The summed E-state index contributed by atoms with van der Waals surface area (Å²) >= 11 is 14.8. The molecule has 11 heteroatoms. The predicted octanol–water partition coefficient (Wildman–Crippen LogP) is 6.13. The Morgan fingerprint density at radius 1 is 1.17 bits per heavy atom. The first-order valence-corrected chi connectivity index (χ1v) is 13.1. The number of allylic oxidation sites excluding steroid dienone is 1. The third-order valence-electron chi connectivity index (χ3n) is 4.71. The van der Waals surface area contributed by atoms with Crippen LogP contribution in [-0.4, -0.2) is 31.4 Å². The number of nitrogens with one attached hydrogen (secondary N) is 1. The topological polar surface area (TPSA) is 81.9 Å². The lowest BCUT2D eigenvalue weighted by Crippen LogP contribution is -2.14. The first-order chi connectivity index (χ1) is 17.0. The number of ether oxygens (including phenoxy) is 1. The van der Waals surface area contributed by atoms with Gasteiger partial charge in [0.15, 0.2) is 16.1 Å². The van der Waals surface area contributed by atoms with E-state index in [4.69, 9.17) is 27.9 Å². The zero-order chi connectivity index (χ0) is 24.6. The van der Waals surface area contributed by atoms with E-state index in [9.17, 15) is 4.79 Å². The molecule has 0 radical (unpaired) electrons. The predicted molar refractivity (Wildman–Crippen MR) is 142 cm³/mol. The lowest BCUT2D eigenvalue weighted by atomic mass is 10.1. The van der Waals surface area contributed by atoms with Crippen LogP contribution in [0.4, 0.5) is 5.13 Å². The molecule has 0 bridgehead atoms. The fourth-order valence-electron chi connectivity index (χ4n) is 3.09. The van der Waals surface area contributed by atoms with Gasteiger partial charge in [0.1, 0.15) is 12.4 Å². The van der Waals surface area contributed by atoms with E-state index in [1.807, 2.05) is 47.0 Å². The van der Waals surface area contributed by atoms with E-state index < -0.39 is 0 Å². The maximum absolute atomic E-state index is 12.5. The number of aromatic nitrogens is 4. The first kappa shape index (κ1) is 25.2. The molecule has 2 aromatic carbocycles. The number of carbonyl (C=O) groups is 1. The fourth-order valence-corrected chi connectivity index (χ4v) is 5.04. The third kappa shape index (κ3) is 7.08. The Balaban J connectivity index is 1.31. The van der Waals surface area contributed by atoms with Crippen LogP contribution in [0.2, 0.25) is 10.0 Å². The van der Waals surface area contributed by atoms with Crippen LogP contribution < -0.4 is 10.1 Å². The first-order valence-electron chi connectivity index (χ1n) is 10.5. The van der Waals surface area contributed by atoms with E-state index >= 15 is 0 Å². The molecule has 0 aliphatic heterocycles. The Morgan fingerprint density at radius 3 is 2.77 bits per heavy atom. The van der Waals surface area contributed by atoms with Crippen LogP contribution >= 0.6 is 46.3 Å². The van der Waals surface area contributed by atoms with E-state index in [2.05, 4.69) is 27.1 Å². The van der Waals surface area contributed by atoms with Crippen molar-refractivity contribution in [3.63, 3.8) is 0 Å². The number of para-hydroxylation sites is 1. The summed E-state index contributed by atoms with van der Waals surface area (Å²) < 4.78 is 7.67. The summed E-state index contributed by atoms with van der Waals surface area (Å²) in [5, 5.41) is 13.5.